The van der Waals surface area contributed by atoms with E-state index in [2.05, 4.69) is 22.5 Å². The predicted molar refractivity (Wildman–Crippen MR) is 119 cm³/mol. The van der Waals surface area contributed by atoms with Crippen molar-refractivity contribution in [3.63, 3.8) is 0 Å². The fraction of sp³-hybridized carbons (Fsp3) is 0.208. The van der Waals surface area contributed by atoms with Crippen molar-refractivity contribution in [3.8, 4) is 11.6 Å². The summed E-state index contributed by atoms with van der Waals surface area (Å²) >= 11 is 5.86. The van der Waals surface area contributed by atoms with Crippen LogP contribution < -0.4 is 15.4 Å². The number of hydrogen-bond acceptors (Lipinski definition) is 4. The lowest BCUT2D eigenvalue weighted by atomic mass is 10.0. The van der Waals surface area contributed by atoms with Crippen LogP contribution in [0.25, 0.3) is 0 Å². The number of benzene rings is 2. The molecule has 0 spiro atoms. The molecule has 1 heterocycles. The van der Waals surface area contributed by atoms with Crippen LogP contribution in [-0.4, -0.2) is 16.8 Å². The molecular weight excluding hydrogens is 414 g/mol. The summed E-state index contributed by atoms with van der Waals surface area (Å²) in [5.74, 6) is 0.402. The number of ether oxygens (including phenoxy) is 1. The first kappa shape index (κ1) is 20.9. The molecule has 1 aliphatic carbocycles. The third kappa shape index (κ3) is 5.41. The fourth-order valence-corrected chi connectivity index (χ4v) is 3.57. The van der Waals surface area contributed by atoms with Gasteiger partial charge < -0.3 is 15.4 Å². The second-order valence-corrected chi connectivity index (χ2v) is 8.07. The second kappa shape index (κ2) is 9.18. The van der Waals surface area contributed by atoms with Crippen LogP contribution in [0.4, 0.5) is 5.69 Å². The Balaban J connectivity index is 1.36. The lowest BCUT2D eigenvalue weighted by Crippen LogP contribution is -2.38. The monoisotopic (exact) mass is 435 g/mol. The van der Waals surface area contributed by atoms with E-state index in [1.165, 1.54) is 6.20 Å². The summed E-state index contributed by atoms with van der Waals surface area (Å²) in [6.07, 6.45) is 2.47. The number of aromatic nitrogens is 1. The summed E-state index contributed by atoms with van der Waals surface area (Å²) in [7, 11) is 0. The minimum Gasteiger partial charge on any atom is -0.439 e. The van der Waals surface area contributed by atoms with Crippen LogP contribution in [0.3, 0.4) is 0 Å². The van der Waals surface area contributed by atoms with E-state index in [-0.39, 0.29) is 6.04 Å². The molecule has 4 rings (SSSR count). The highest BCUT2D eigenvalue weighted by molar-refractivity contribution is 6.39. The van der Waals surface area contributed by atoms with Gasteiger partial charge >= 0.3 is 11.8 Å². The van der Waals surface area contributed by atoms with Crippen molar-refractivity contribution in [2.75, 3.05) is 5.32 Å². The van der Waals surface area contributed by atoms with Gasteiger partial charge in [-0.3, -0.25) is 9.59 Å². The number of nitrogens with one attached hydrogen (secondary N) is 2. The number of anilines is 1. The number of hydrogen-bond donors (Lipinski definition) is 2. The van der Waals surface area contributed by atoms with Crippen LogP contribution in [0.5, 0.6) is 11.6 Å². The summed E-state index contributed by atoms with van der Waals surface area (Å²) in [6.45, 7) is 2.15. The quantitative estimate of drug-likeness (QED) is 0.535. The van der Waals surface area contributed by atoms with Crippen LogP contribution >= 0.6 is 11.6 Å². The van der Waals surface area contributed by atoms with Gasteiger partial charge in [-0.1, -0.05) is 48.9 Å². The van der Waals surface area contributed by atoms with E-state index in [0.717, 1.165) is 12.0 Å². The smallest absolute Gasteiger partial charge is 0.313 e. The van der Waals surface area contributed by atoms with Crippen molar-refractivity contribution >= 4 is 29.1 Å². The summed E-state index contributed by atoms with van der Waals surface area (Å²) < 4.78 is 5.62. The van der Waals surface area contributed by atoms with E-state index >= 15 is 0 Å². The second-order valence-electron chi connectivity index (χ2n) is 7.63. The predicted octanol–water partition coefficient (Wildman–Crippen LogP) is 4.98. The largest absolute Gasteiger partial charge is 0.439 e. The van der Waals surface area contributed by atoms with E-state index in [0.29, 0.717) is 34.2 Å². The number of carbonyl (C=O) groups excluding carboxylic acids is 2. The number of pyridine rings is 1. The maximum atomic E-state index is 12.5. The Morgan fingerprint density at radius 2 is 1.74 bits per heavy atom. The van der Waals surface area contributed by atoms with Crippen molar-refractivity contribution in [2.45, 2.75) is 19.4 Å². The van der Waals surface area contributed by atoms with E-state index < -0.39 is 11.8 Å². The van der Waals surface area contributed by atoms with Gasteiger partial charge in [0.1, 0.15) is 5.75 Å². The molecule has 2 N–H and O–H groups in total. The van der Waals surface area contributed by atoms with Gasteiger partial charge in [-0.15, -0.1) is 0 Å². The van der Waals surface area contributed by atoms with Gasteiger partial charge in [-0.25, -0.2) is 4.98 Å². The van der Waals surface area contributed by atoms with Crippen molar-refractivity contribution in [1.82, 2.24) is 10.3 Å². The molecule has 1 aromatic heterocycles. The van der Waals surface area contributed by atoms with Gasteiger partial charge in [0.25, 0.3) is 0 Å². The van der Waals surface area contributed by atoms with Crippen molar-refractivity contribution in [1.29, 1.82) is 0 Å². The molecule has 2 amide bonds. The van der Waals surface area contributed by atoms with Crippen molar-refractivity contribution in [2.24, 2.45) is 11.8 Å². The minimum absolute atomic E-state index is 0.178. The Morgan fingerprint density at radius 1 is 1.03 bits per heavy atom. The first-order valence-corrected chi connectivity index (χ1v) is 10.4. The van der Waals surface area contributed by atoms with E-state index in [9.17, 15) is 9.59 Å². The normalized spacial score (nSPS) is 18.0. The van der Waals surface area contributed by atoms with Gasteiger partial charge in [-0.2, -0.15) is 0 Å². The van der Waals surface area contributed by atoms with Gasteiger partial charge in [0.15, 0.2) is 0 Å². The van der Waals surface area contributed by atoms with Crippen LogP contribution in [0.15, 0.2) is 72.9 Å². The summed E-state index contributed by atoms with van der Waals surface area (Å²) in [5, 5.41) is 6.08. The molecule has 0 saturated heterocycles. The zero-order valence-corrected chi connectivity index (χ0v) is 17.7. The third-order valence-electron chi connectivity index (χ3n) is 5.28. The van der Waals surface area contributed by atoms with Crippen LogP contribution in [0.2, 0.25) is 5.02 Å². The average molecular weight is 436 g/mol. The SMILES string of the molecule is CC1CC1C(NC(=O)C(=O)Nc1ccc(Oc2ccc(Cl)cc2)nc1)c1ccccc1. The Hall–Kier alpha value is -3.38. The number of carbonyl (C=O) groups is 2. The molecule has 1 fully saturated rings. The summed E-state index contributed by atoms with van der Waals surface area (Å²) in [6, 6.07) is 19.7. The zero-order chi connectivity index (χ0) is 21.8. The molecule has 158 valence electrons. The van der Waals surface area contributed by atoms with Gasteiger partial charge in [-0.05, 0) is 54.2 Å². The van der Waals surface area contributed by atoms with Crippen LogP contribution in [-0.2, 0) is 9.59 Å². The first-order valence-electron chi connectivity index (χ1n) is 10.1. The molecular formula is C24H22ClN3O3. The van der Waals surface area contributed by atoms with Gasteiger partial charge in [0.2, 0.25) is 5.88 Å². The third-order valence-corrected chi connectivity index (χ3v) is 5.53. The molecule has 6 nitrogen and oxygen atoms in total. The maximum Gasteiger partial charge on any atom is 0.313 e. The molecule has 2 aromatic carbocycles. The highest BCUT2D eigenvalue weighted by Gasteiger charge is 2.41. The van der Waals surface area contributed by atoms with Crippen molar-refractivity contribution in [3.05, 3.63) is 83.5 Å². The summed E-state index contributed by atoms with van der Waals surface area (Å²) in [5.41, 5.74) is 1.41. The van der Waals surface area contributed by atoms with E-state index in [4.69, 9.17) is 16.3 Å². The molecule has 3 atom stereocenters. The Kier molecular flexibility index (Phi) is 6.18. The molecule has 0 aliphatic heterocycles. The maximum absolute atomic E-state index is 12.5. The molecule has 1 saturated carbocycles. The lowest BCUT2D eigenvalue weighted by Gasteiger charge is -2.19. The van der Waals surface area contributed by atoms with E-state index in [1.54, 1.807) is 36.4 Å². The summed E-state index contributed by atoms with van der Waals surface area (Å²) in [4.78, 5) is 29.1. The first-order chi connectivity index (χ1) is 15.0. The Labute approximate surface area is 185 Å². The minimum atomic E-state index is -0.734. The van der Waals surface area contributed by atoms with Crippen LogP contribution in [0, 0.1) is 11.8 Å². The fourth-order valence-electron chi connectivity index (χ4n) is 3.45. The molecule has 3 aromatic rings. The topological polar surface area (TPSA) is 80.3 Å². The molecule has 0 bridgehead atoms. The Morgan fingerprint density at radius 3 is 2.35 bits per heavy atom. The van der Waals surface area contributed by atoms with Gasteiger partial charge in [0.05, 0.1) is 17.9 Å². The molecule has 1 aliphatic rings. The Bertz CT molecular complexity index is 1060. The average Bonchev–Trinajstić information content (AvgIpc) is 3.51. The van der Waals surface area contributed by atoms with Crippen LogP contribution in [0.1, 0.15) is 24.9 Å². The number of rotatable bonds is 6. The number of halogens is 1. The van der Waals surface area contributed by atoms with E-state index in [1.807, 2.05) is 30.3 Å². The lowest BCUT2D eigenvalue weighted by molar-refractivity contribution is -0.136. The number of amides is 2. The molecule has 3 unspecified atom stereocenters. The molecule has 7 heteroatoms. The standard InChI is InChI=1S/C24H22ClN3O3/c1-15-13-20(15)22(16-5-3-2-4-6-16)28-24(30)23(29)27-18-9-12-21(26-14-18)31-19-10-7-17(25)8-11-19/h2-12,14-15,20,22H,13H2,1H3,(H,27,29)(H,28,30). The molecule has 31 heavy (non-hydrogen) atoms. The zero-order valence-electron chi connectivity index (χ0n) is 16.9. The van der Waals surface area contributed by atoms with Crippen molar-refractivity contribution < 1.29 is 14.3 Å². The molecule has 0 radical (unpaired) electrons. The highest BCUT2D eigenvalue weighted by Crippen LogP contribution is 2.46. The highest BCUT2D eigenvalue weighted by atomic mass is 35.5. The number of nitrogens with zero attached hydrogens (tertiary/aromatic N) is 1. The van der Waals surface area contributed by atoms with Gasteiger partial charge in [0, 0.05) is 11.1 Å².